The number of nitrogens with two attached hydrogens (primary N) is 1. The first-order valence-corrected chi connectivity index (χ1v) is 12.0. The highest BCUT2D eigenvalue weighted by atomic mass is 32.1. The molecule has 0 radical (unpaired) electrons. The molecule has 3 atom stereocenters. The summed E-state index contributed by atoms with van der Waals surface area (Å²) in [5.41, 5.74) is 4.38. The average molecular weight is 519 g/mol. The molecule has 5 N–H and O–H groups in total. The van der Waals surface area contributed by atoms with Crippen molar-refractivity contribution >= 4 is 47.0 Å². The summed E-state index contributed by atoms with van der Waals surface area (Å²) in [5, 5.41) is 13.0. The van der Waals surface area contributed by atoms with Gasteiger partial charge in [-0.2, -0.15) is 4.36 Å². The lowest BCUT2D eigenvalue weighted by Gasteiger charge is -2.32. The first kappa shape index (κ1) is 29.1. The predicted molar refractivity (Wildman–Crippen MR) is 137 cm³/mol. The summed E-state index contributed by atoms with van der Waals surface area (Å²) in [6.45, 7) is 8.34. The lowest BCUT2D eigenvalue weighted by molar-refractivity contribution is -0.167. The van der Waals surface area contributed by atoms with Gasteiger partial charge in [-0.25, -0.2) is 4.79 Å². The van der Waals surface area contributed by atoms with Crippen LogP contribution in [0.3, 0.4) is 0 Å². The third kappa shape index (κ3) is 7.17. The Morgan fingerprint density at radius 2 is 1.83 bits per heavy atom. The van der Waals surface area contributed by atoms with Crippen LogP contribution in [0.15, 0.2) is 34.8 Å². The van der Waals surface area contributed by atoms with Gasteiger partial charge in [0.15, 0.2) is 5.78 Å². The van der Waals surface area contributed by atoms with Gasteiger partial charge in [0, 0.05) is 29.5 Å². The van der Waals surface area contributed by atoms with Gasteiger partial charge in [0.05, 0.1) is 18.5 Å². The molecule has 2 rings (SSSR count). The van der Waals surface area contributed by atoms with E-state index in [2.05, 4.69) is 14.7 Å². The van der Waals surface area contributed by atoms with Crippen LogP contribution in [0.2, 0.25) is 0 Å². The molecule has 1 aromatic carbocycles. The van der Waals surface area contributed by atoms with Gasteiger partial charge in [0.25, 0.3) is 0 Å². The Morgan fingerprint density at radius 1 is 1.19 bits per heavy atom. The molecule has 0 aliphatic rings. The summed E-state index contributed by atoms with van der Waals surface area (Å²) in [7, 11) is 0. The SMILES string of the molecule is CC(C)C[C@H](NC(=O)[C@@H](N)Cc1c[nH]c2ccccc12)C(=O)C(CC(=O)O)(N=S)C(=O)OC(C)(C)C. The van der Waals surface area contributed by atoms with Gasteiger partial charge in [-0.3, -0.25) is 14.4 Å². The van der Waals surface area contributed by atoms with E-state index in [1.165, 1.54) is 0 Å². The Bertz CT molecular complexity index is 1140. The Balaban J connectivity index is 2.33. The number of rotatable bonds is 12. The second-order valence-corrected chi connectivity index (χ2v) is 10.4. The molecule has 196 valence electrons. The van der Waals surface area contributed by atoms with Crippen LogP contribution in [0, 0.1) is 5.92 Å². The van der Waals surface area contributed by atoms with Gasteiger partial charge in [0.1, 0.15) is 5.60 Å². The Labute approximate surface area is 215 Å². The van der Waals surface area contributed by atoms with Crippen molar-refractivity contribution in [3.8, 4) is 0 Å². The molecule has 0 saturated carbocycles. The number of esters is 1. The van der Waals surface area contributed by atoms with E-state index in [1.807, 2.05) is 38.1 Å². The highest BCUT2D eigenvalue weighted by molar-refractivity contribution is 7.47. The first-order chi connectivity index (χ1) is 16.7. The van der Waals surface area contributed by atoms with Gasteiger partial charge in [-0.05, 0) is 51.2 Å². The largest absolute Gasteiger partial charge is 0.481 e. The molecule has 0 bridgehead atoms. The number of ether oxygens (including phenoxy) is 1. The van der Waals surface area contributed by atoms with Crippen LogP contribution in [0.4, 0.5) is 0 Å². The number of para-hydroxylation sites is 1. The fourth-order valence-electron chi connectivity index (χ4n) is 3.86. The molecule has 1 amide bonds. The number of aliphatic carboxylic acids is 1. The second-order valence-electron chi connectivity index (χ2n) is 10.2. The molecule has 0 aliphatic carbocycles. The summed E-state index contributed by atoms with van der Waals surface area (Å²) in [6.07, 6.45) is 1.07. The number of aromatic amines is 1. The summed E-state index contributed by atoms with van der Waals surface area (Å²) < 4.78 is 8.82. The highest BCUT2D eigenvalue weighted by Gasteiger charge is 2.53. The maximum absolute atomic E-state index is 13.7. The molecule has 0 saturated heterocycles. The summed E-state index contributed by atoms with van der Waals surface area (Å²) in [6, 6.07) is 5.30. The molecular weight excluding hydrogens is 484 g/mol. The normalized spacial score (nSPS) is 15.1. The smallest absolute Gasteiger partial charge is 0.344 e. The number of hydrogen-bond donors (Lipinski definition) is 4. The second kappa shape index (κ2) is 11.7. The van der Waals surface area contributed by atoms with Crippen molar-refractivity contribution in [3.63, 3.8) is 0 Å². The van der Waals surface area contributed by atoms with Gasteiger partial charge in [-0.1, -0.05) is 32.0 Å². The Hall–Kier alpha value is -3.18. The summed E-state index contributed by atoms with van der Waals surface area (Å²) in [4.78, 5) is 54.5. The monoisotopic (exact) mass is 518 g/mol. The number of carboxylic acid groups (broad SMARTS) is 1. The molecule has 10 nitrogen and oxygen atoms in total. The lowest BCUT2D eigenvalue weighted by Crippen LogP contribution is -2.59. The number of nitrogens with zero attached hydrogens (tertiary/aromatic N) is 1. The van der Waals surface area contributed by atoms with Crippen LogP contribution in [-0.2, 0) is 42.8 Å². The van der Waals surface area contributed by atoms with E-state index in [0.717, 1.165) is 16.5 Å². The minimum Gasteiger partial charge on any atom is -0.481 e. The van der Waals surface area contributed by atoms with E-state index in [1.54, 1.807) is 27.0 Å². The number of hydrogen-bond acceptors (Lipinski definition) is 8. The number of ketones is 1. The zero-order valence-corrected chi connectivity index (χ0v) is 22.0. The number of carbonyl (C=O) groups excluding carboxylic acids is 3. The molecular formula is C25H34N4O6S. The standard InChI is InChI=1S/C25H34N4O6S/c1-14(2)10-19(21(32)25(29-36,12-20(30)31)23(34)35-24(3,4)5)28-22(33)17(26)11-15-13-27-18-9-7-6-8-16(15)18/h6-9,13-14,17,19,27H,10-12,26H2,1-5H3,(H,28,33)(H,30,31)/t17-,19-,25?/m0/s1. The number of amides is 1. The van der Waals surface area contributed by atoms with Crippen molar-refractivity contribution in [2.75, 3.05) is 0 Å². The number of H-pyrrole nitrogens is 1. The van der Waals surface area contributed by atoms with Gasteiger partial charge in [0.2, 0.25) is 11.4 Å². The average Bonchev–Trinajstić information content (AvgIpc) is 3.17. The van der Waals surface area contributed by atoms with Gasteiger partial charge >= 0.3 is 11.9 Å². The number of nitrogens with one attached hydrogen (secondary N) is 2. The number of carboxylic acids is 1. The van der Waals surface area contributed by atoms with E-state index >= 15 is 0 Å². The van der Waals surface area contributed by atoms with Crippen molar-refractivity contribution in [2.45, 2.75) is 77.1 Å². The minimum absolute atomic E-state index is 0.102. The molecule has 2 aromatic rings. The number of Topliss-reactive ketones (excluding diaryl/α,β-unsaturated/α-hetero) is 1. The molecule has 0 fully saturated rings. The van der Waals surface area contributed by atoms with Crippen LogP contribution in [0.25, 0.3) is 10.9 Å². The van der Waals surface area contributed by atoms with E-state index in [4.69, 9.17) is 22.9 Å². The molecule has 0 spiro atoms. The fraction of sp³-hybridized carbons (Fsp3) is 0.520. The molecule has 0 aliphatic heterocycles. The van der Waals surface area contributed by atoms with Crippen LogP contribution in [0.5, 0.6) is 0 Å². The van der Waals surface area contributed by atoms with Crippen molar-refractivity contribution in [3.05, 3.63) is 36.0 Å². The summed E-state index contributed by atoms with van der Waals surface area (Å²) in [5.74, 6) is -4.32. The van der Waals surface area contributed by atoms with Crippen LogP contribution in [-0.4, -0.2) is 56.9 Å². The van der Waals surface area contributed by atoms with Gasteiger partial charge < -0.3 is 25.9 Å². The molecule has 11 heteroatoms. The van der Waals surface area contributed by atoms with E-state index < -0.39 is 53.3 Å². The topological polar surface area (TPSA) is 164 Å². The van der Waals surface area contributed by atoms with Crippen molar-refractivity contribution < 1.29 is 29.0 Å². The molecule has 1 heterocycles. The highest BCUT2D eigenvalue weighted by Crippen LogP contribution is 2.27. The minimum atomic E-state index is -2.50. The number of fused-ring (bicyclic) bond motifs is 1. The van der Waals surface area contributed by atoms with Crippen molar-refractivity contribution in [2.24, 2.45) is 16.0 Å². The molecule has 1 unspecified atom stereocenters. The van der Waals surface area contributed by atoms with Gasteiger partial charge in [-0.15, -0.1) is 0 Å². The van der Waals surface area contributed by atoms with Crippen molar-refractivity contribution in [1.29, 1.82) is 0 Å². The lowest BCUT2D eigenvalue weighted by atomic mass is 9.83. The number of carbonyl (C=O) groups is 4. The third-order valence-electron chi connectivity index (χ3n) is 5.50. The Kier molecular flexibility index (Phi) is 9.44. The summed E-state index contributed by atoms with van der Waals surface area (Å²) >= 11 is 4.76. The maximum Gasteiger partial charge on any atom is 0.344 e. The van der Waals surface area contributed by atoms with Crippen molar-refractivity contribution in [1.82, 2.24) is 10.3 Å². The number of benzene rings is 1. The van der Waals surface area contributed by atoms with Crippen LogP contribution in [0.1, 0.15) is 53.0 Å². The quantitative estimate of drug-likeness (QED) is 0.246. The third-order valence-corrected chi connectivity index (χ3v) is 5.81. The van der Waals surface area contributed by atoms with Crippen LogP contribution >= 0.6 is 0 Å². The van der Waals surface area contributed by atoms with E-state index in [-0.39, 0.29) is 18.8 Å². The van der Waals surface area contributed by atoms with E-state index in [9.17, 15) is 24.3 Å². The van der Waals surface area contributed by atoms with E-state index in [0.29, 0.717) is 0 Å². The predicted octanol–water partition coefficient (Wildman–Crippen LogP) is 2.42. The Morgan fingerprint density at radius 3 is 2.39 bits per heavy atom. The number of aromatic nitrogens is 1. The maximum atomic E-state index is 13.7. The fourth-order valence-corrected chi connectivity index (χ4v) is 4.08. The van der Waals surface area contributed by atoms with Crippen LogP contribution < -0.4 is 11.1 Å². The first-order valence-electron chi connectivity index (χ1n) is 11.6. The molecule has 1 aromatic heterocycles. The zero-order chi connectivity index (χ0) is 27.3. The zero-order valence-electron chi connectivity index (χ0n) is 21.2. The molecule has 36 heavy (non-hydrogen) atoms.